The molecule has 3 nitrogen and oxygen atoms in total. The third-order valence-corrected chi connectivity index (χ3v) is 3.95. The van der Waals surface area contributed by atoms with E-state index in [9.17, 15) is 4.79 Å². The van der Waals surface area contributed by atoms with Crippen molar-refractivity contribution in [2.24, 2.45) is 0 Å². The van der Waals surface area contributed by atoms with Crippen LogP contribution in [0.4, 0.5) is 0 Å². The van der Waals surface area contributed by atoms with Crippen LogP contribution in [0, 0.1) is 0 Å². The van der Waals surface area contributed by atoms with Gasteiger partial charge < -0.3 is 9.80 Å². The molecule has 1 aliphatic heterocycles. The number of rotatable bonds is 3. The first-order valence-electron chi connectivity index (χ1n) is 7.44. The van der Waals surface area contributed by atoms with Gasteiger partial charge in [-0.05, 0) is 23.1 Å². The summed E-state index contributed by atoms with van der Waals surface area (Å²) in [7, 11) is 2.17. The molecule has 0 aromatic heterocycles. The van der Waals surface area contributed by atoms with Crippen molar-refractivity contribution in [3.8, 4) is 0 Å². The monoisotopic (exact) mass is 273 g/mol. The van der Waals surface area contributed by atoms with E-state index in [0.29, 0.717) is 5.92 Å². The summed E-state index contributed by atoms with van der Waals surface area (Å²) in [4.78, 5) is 15.5. The number of hydrogen-bond acceptors (Lipinski definition) is 1. The number of carbonyl (C=O) groups excluding carboxylic acids is 1. The number of nitrogens with zero attached hydrogens (tertiary/aromatic N) is 1. The van der Waals surface area contributed by atoms with Crippen LogP contribution in [0.25, 0.3) is 6.08 Å². The fourth-order valence-corrected chi connectivity index (χ4v) is 2.37. The van der Waals surface area contributed by atoms with Crippen LogP contribution in [-0.2, 0) is 4.79 Å². The van der Waals surface area contributed by atoms with E-state index in [2.05, 4.69) is 45.2 Å². The van der Waals surface area contributed by atoms with Crippen LogP contribution in [0.1, 0.15) is 30.9 Å². The molecular formula is C17H25N2O+. The molecule has 1 heterocycles. The average Bonchev–Trinajstić information content (AvgIpc) is 2.46. The standard InChI is InChI=1S/C17H24N2O/c1-14(2)16-7-4-15(5-8-16)6-9-17(20)19-12-10-18(3)11-13-19/h4-9,14H,10-13H2,1-3H3/p+1/b9-6+. The Labute approximate surface area is 121 Å². The predicted molar refractivity (Wildman–Crippen MR) is 82.8 cm³/mol. The Hall–Kier alpha value is -1.61. The zero-order valence-electron chi connectivity index (χ0n) is 12.7. The van der Waals surface area contributed by atoms with Gasteiger partial charge in [0.25, 0.3) is 0 Å². The summed E-state index contributed by atoms with van der Waals surface area (Å²) in [6.07, 6.45) is 3.61. The van der Waals surface area contributed by atoms with E-state index in [-0.39, 0.29) is 5.91 Å². The maximum absolute atomic E-state index is 12.1. The minimum Gasteiger partial charge on any atom is -0.334 e. The van der Waals surface area contributed by atoms with Gasteiger partial charge in [-0.2, -0.15) is 0 Å². The van der Waals surface area contributed by atoms with Gasteiger partial charge in [0.05, 0.1) is 33.2 Å². The molecule has 1 aliphatic rings. The molecule has 1 amide bonds. The number of carbonyl (C=O) groups is 1. The lowest BCUT2D eigenvalue weighted by molar-refractivity contribution is -0.883. The normalized spacial score (nSPS) is 17.1. The number of likely N-dealkylation sites (N-methyl/N-ethyl adjacent to an activating group) is 1. The molecule has 0 spiro atoms. The molecule has 0 aliphatic carbocycles. The van der Waals surface area contributed by atoms with Crippen molar-refractivity contribution in [3.63, 3.8) is 0 Å². The van der Waals surface area contributed by atoms with Crippen LogP contribution in [0.15, 0.2) is 30.3 Å². The van der Waals surface area contributed by atoms with Crippen molar-refractivity contribution in [2.45, 2.75) is 19.8 Å². The Morgan fingerprint density at radius 1 is 1.20 bits per heavy atom. The highest BCUT2D eigenvalue weighted by Crippen LogP contribution is 2.15. The Morgan fingerprint density at radius 2 is 1.80 bits per heavy atom. The maximum Gasteiger partial charge on any atom is 0.246 e. The summed E-state index contributed by atoms with van der Waals surface area (Å²) in [5.74, 6) is 0.674. The maximum atomic E-state index is 12.1. The van der Waals surface area contributed by atoms with Gasteiger partial charge in [-0.1, -0.05) is 38.1 Å². The van der Waals surface area contributed by atoms with Gasteiger partial charge >= 0.3 is 0 Å². The van der Waals surface area contributed by atoms with Crippen molar-refractivity contribution >= 4 is 12.0 Å². The van der Waals surface area contributed by atoms with E-state index in [1.807, 2.05) is 11.0 Å². The summed E-state index contributed by atoms with van der Waals surface area (Å²) in [5.41, 5.74) is 2.41. The number of amides is 1. The summed E-state index contributed by atoms with van der Waals surface area (Å²) in [5, 5.41) is 0. The van der Waals surface area contributed by atoms with E-state index in [1.165, 1.54) is 10.5 Å². The lowest BCUT2D eigenvalue weighted by Crippen LogP contribution is -3.12. The first-order valence-corrected chi connectivity index (χ1v) is 7.44. The second-order valence-corrected chi connectivity index (χ2v) is 5.94. The first-order chi connectivity index (χ1) is 9.56. The molecule has 1 aromatic carbocycles. The third-order valence-electron chi connectivity index (χ3n) is 3.95. The molecule has 1 fully saturated rings. The van der Waals surface area contributed by atoms with Gasteiger partial charge in [-0.3, -0.25) is 4.79 Å². The lowest BCUT2D eigenvalue weighted by Gasteiger charge is -2.29. The molecule has 0 atom stereocenters. The number of benzene rings is 1. The molecule has 0 saturated carbocycles. The molecule has 1 aromatic rings. The Balaban J connectivity index is 1.93. The summed E-state index contributed by atoms with van der Waals surface area (Å²) in [6, 6.07) is 8.42. The van der Waals surface area contributed by atoms with Crippen molar-refractivity contribution in [3.05, 3.63) is 41.5 Å². The minimum atomic E-state index is 0.130. The highest BCUT2D eigenvalue weighted by molar-refractivity contribution is 5.91. The van der Waals surface area contributed by atoms with Crippen molar-refractivity contribution in [1.82, 2.24) is 4.90 Å². The quantitative estimate of drug-likeness (QED) is 0.822. The Bertz CT molecular complexity index is 468. The zero-order chi connectivity index (χ0) is 14.5. The van der Waals surface area contributed by atoms with Gasteiger partial charge in [0, 0.05) is 6.08 Å². The summed E-state index contributed by atoms with van der Waals surface area (Å²) >= 11 is 0. The second-order valence-electron chi connectivity index (χ2n) is 5.94. The van der Waals surface area contributed by atoms with Gasteiger partial charge in [0.1, 0.15) is 0 Å². The molecule has 20 heavy (non-hydrogen) atoms. The predicted octanol–water partition coefficient (Wildman–Crippen LogP) is 1.18. The van der Waals surface area contributed by atoms with Crippen LogP contribution in [0.5, 0.6) is 0 Å². The molecule has 2 rings (SSSR count). The van der Waals surface area contributed by atoms with E-state index in [0.717, 1.165) is 31.7 Å². The fraction of sp³-hybridized carbons (Fsp3) is 0.471. The number of hydrogen-bond donors (Lipinski definition) is 1. The average molecular weight is 273 g/mol. The Morgan fingerprint density at radius 3 is 2.35 bits per heavy atom. The van der Waals surface area contributed by atoms with E-state index < -0.39 is 0 Å². The van der Waals surface area contributed by atoms with E-state index in [1.54, 1.807) is 6.08 Å². The lowest BCUT2D eigenvalue weighted by atomic mass is 10.0. The molecule has 108 valence electrons. The smallest absolute Gasteiger partial charge is 0.246 e. The van der Waals surface area contributed by atoms with Crippen LogP contribution >= 0.6 is 0 Å². The second kappa shape index (κ2) is 6.71. The molecule has 1 saturated heterocycles. The number of nitrogens with one attached hydrogen (secondary N) is 1. The van der Waals surface area contributed by atoms with E-state index >= 15 is 0 Å². The first kappa shape index (κ1) is 14.8. The van der Waals surface area contributed by atoms with Crippen molar-refractivity contribution < 1.29 is 9.69 Å². The summed E-state index contributed by atoms with van der Waals surface area (Å²) in [6.45, 7) is 8.18. The highest BCUT2D eigenvalue weighted by Gasteiger charge is 2.19. The van der Waals surface area contributed by atoms with Gasteiger partial charge in [-0.15, -0.1) is 0 Å². The largest absolute Gasteiger partial charge is 0.334 e. The van der Waals surface area contributed by atoms with E-state index in [4.69, 9.17) is 0 Å². The number of quaternary nitrogens is 1. The molecule has 0 radical (unpaired) electrons. The van der Waals surface area contributed by atoms with Gasteiger partial charge in [0.15, 0.2) is 0 Å². The van der Waals surface area contributed by atoms with Crippen molar-refractivity contribution in [1.29, 1.82) is 0 Å². The minimum absolute atomic E-state index is 0.130. The number of piperazine rings is 1. The van der Waals surface area contributed by atoms with Crippen LogP contribution in [0.3, 0.4) is 0 Å². The Kier molecular flexibility index (Phi) is 4.96. The highest BCUT2D eigenvalue weighted by atomic mass is 16.2. The SMILES string of the molecule is CC(C)c1ccc(/C=C/C(=O)N2CC[NH+](C)CC2)cc1. The fourth-order valence-electron chi connectivity index (χ4n) is 2.37. The zero-order valence-corrected chi connectivity index (χ0v) is 12.7. The molecule has 0 unspecified atom stereocenters. The van der Waals surface area contributed by atoms with Gasteiger partial charge in [-0.25, -0.2) is 0 Å². The van der Waals surface area contributed by atoms with Crippen molar-refractivity contribution in [2.75, 3.05) is 33.2 Å². The van der Waals surface area contributed by atoms with Crippen LogP contribution < -0.4 is 4.90 Å². The third kappa shape index (κ3) is 3.94. The van der Waals surface area contributed by atoms with Crippen LogP contribution in [-0.4, -0.2) is 44.0 Å². The molecule has 0 bridgehead atoms. The topological polar surface area (TPSA) is 24.8 Å². The van der Waals surface area contributed by atoms with Gasteiger partial charge in [0.2, 0.25) is 5.91 Å². The molecule has 3 heteroatoms. The molecular weight excluding hydrogens is 248 g/mol. The summed E-state index contributed by atoms with van der Waals surface area (Å²) < 4.78 is 0. The van der Waals surface area contributed by atoms with Crippen LogP contribution in [0.2, 0.25) is 0 Å². The molecule has 1 N–H and O–H groups in total.